The van der Waals surface area contributed by atoms with Gasteiger partial charge in [-0.1, -0.05) is 0 Å². The summed E-state index contributed by atoms with van der Waals surface area (Å²) in [5.41, 5.74) is 0. The summed E-state index contributed by atoms with van der Waals surface area (Å²) in [5, 5.41) is 12.8. The molecule has 0 spiro atoms. The normalized spacial score (nSPS) is 18.7. The maximum atomic E-state index is 12.3. The summed E-state index contributed by atoms with van der Waals surface area (Å²) in [7, 11) is 0. The summed E-state index contributed by atoms with van der Waals surface area (Å²) < 4.78 is 1.71. The smallest absolute Gasteiger partial charge is 0.303 e. The van der Waals surface area contributed by atoms with E-state index in [0.29, 0.717) is 19.4 Å². The van der Waals surface area contributed by atoms with Crippen molar-refractivity contribution in [1.82, 2.24) is 19.7 Å². The second kappa shape index (κ2) is 7.75. The number of piperidine rings is 1. The number of amides is 1. The maximum Gasteiger partial charge on any atom is 0.303 e. The van der Waals surface area contributed by atoms with Gasteiger partial charge in [0, 0.05) is 32.0 Å². The summed E-state index contributed by atoms with van der Waals surface area (Å²) in [4.78, 5) is 28.8. The first-order valence-electron chi connectivity index (χ1n) is 7.50. The van der Waals surface area contributed by atoms with E-state index >= 15 is 0 Å². The third-order valence-electron chi connectivity index (χ3n) is 3.88. The summed E-state index contributed by atoms with van der Waals surface area (Å²) in [5.74, 6) is -0.663. The molecule has 0 aromatic carbocycles. The molecule has 21 heavy (non-hydrogen) atoms. The number of rotatable bonds is 7. The van der Waals surface area contributed by atoms with Crippen LogP contribution in [-0.2, 0) is 16.1 Å². The van der Waals surface area contributed by atoms with E-state index in [-0.39, 0.29) is 18.4 Å². The number of aliphatic carboxylic acids is 1. The van der Waals surface area contributed by atoms with E-state index in [2.05, 4.69) is 10.1 Å². The highest BCUT2D eigenvalue weighted by Crippen LogP contribution is 2.22. The zero-order valence-corrected chi connectivity index (χ0v) is 12.1. The molecule has 0 aliphatic carbocycles. The van der Waals surface area contributed by atoms with Gasteiger partial charge in [0.05, 0.1) is 0 Å². The summed E-state index contributed by atoms with van der Waals surface area (Å²) >= 11 is 0. The van der Waals surface area contributed by atoms with E-state index in [4.69, 9.17) is 5.11 Å². The van der Waals surface area contributed by atoms with Crippen molar-refractivity contribution in [3.63, 3.8) is 0 Å². The van der Waals surface area contributed by atoms with E-state index in [0.717, 1.165) is 32.2 Å². The fraction of sp³-hybridized carbons (Fsp3) is 0.714. The fourth-order valence-electron chi connectivity index (χ4n) is 2.80. The van der Waals surface area contributed by atoms with Crippen LogP contribution in [0.4, 0.5) is 0 Å². The molecule has 7 nitrogen and oxygen atoms in total. The highest BCUT2D eigenvalue weighted by molar-refractivity contribution is 5.76. The Kier molecular flexibility index (Phi) is 5.71. The molecule has 1 aromatic rings. The zero-order chi connectivity index (χ0) is 15.1. The summed E-state index contributed by atoms with van der Waals surface area (Å²) in [6.07, 6.45) is 8.02. The molecule has 7 heteroatoms. The molecular weight excluding hydrogens is 272 g/mol. The van der Waals surface area contributed by atoms with Crippen molar-refractivity contribution in [2.75, 3.05) is 6.54 Å². The quantitative estimate of drug-likeness (QED) is 0.819. The molecule has 1 aromatic heterocycles. The van der Waals surface area contributed by atoms with Crippen LogP contribution in [0.2, 0.25) is 0 Å². The Bertz CT molecular complexity index is 461. The Morgan fingerprint density at radius 1 is 1.29 bits per heavy atom. The number of carboxylic acids is 1. The predicted molar refractivity (Wildman–Crippen MR) is 75.5 cm³/mol. The van der Waals surface area contributed by atoms with Crippen molar-refractivity contribution in [2.24, 2.45) is 0 Å². The highest BCUT2D eigenvalue weighted by atomic mass is 16.4. The first-order chi connectivity index (χ1) is 10.2. The van der Waals surface area contributed by atoms with Crippen LogP contribution in [0, 0.1) is 0 Å². The van der Waals surface area contributed by atoms with Crippen LogP contribution in [0.1, 0.15) is 44.9 Å². The van der Waals surface area contributed by atoms with E-state index < -0.39 is 5.97 Å². The Morgan fingerprint density at radius 3 is 2.86 bits per heavy atom. The number of aryl methyl sites for hydroxylation is 1. The molecular formula is C14H22N4O3. The third kappa shape index (κ3) is 4.84. The number of likely N-dealkylation sites (tertiary alicyclic amines) is 1. The number of carbonyl (C=O) groups excluding carboxylic acids is 1. The minimum atomic E-state index is -0.792. The topological polar surface area (TPSA) is 88.3 Å². The van der Waals surface area contributed by atoms with Crippen LogP contribution >= 0.6 is 0 Å². The van der Waals surface area contributed by atoms with Gasteiger partial charge in [0.1, 0.15) is 12.7 Å². The third-order valence-corrected chi connectivity index (χ3v) is 3.88. The van der Waals surface area contributed by atoms with Crippen molar-refractivity contribution in [2.45, 2.75) is 57.5 Å². The maximum absolute atomic E-state index is 12.3. The molecule has 0 unspecified atom stereocenters. The van der Waals surface area contributed by atoms with Crippen molar-refractivity contribution >= 4 is 11.9 Å². The Labute approximate surface area is 124 Å². The second-order valence-corrected chi connectivity index (χ2v) is 5.43. The molecule has 1 atom stereocenters. The number of aromatic nitrogens is 3. The van der Waals surface area contributed by atoms with Gasteiger partial charge in [-0.25, -0.2) is 4.98 Å². The molecule has 1 aliphatic rings. The molecule has 2 heterocycles. The highest BCUT2D eigenvalue weighted by Gasteiger charge is 2.26. The average molecular weight is 294 g/mol. The number of carboxylic acid groups (broad SMARTS) is 1. The molecule has 1 amide bonds. The molecule has 0 saturated carbocycles. The van der Waals surface area contributed by atoms with Crippen LogP contribution in [0.5, 0.6) is 0 Å². The number of hydrogen-bond acceptors (Lipinski definition) is 4. The minimum Gasteiger partial charge on any atom is -0.481 e. The second-order valence-electron chi connectivity index (χ2n) is 5.43. The molecule has 1 aliphatic heterocycles. The number of nitrogens with zero attached hydrogens (tertiary/aromatic N) is 4. The predicted octanol–water partition coefficient (Wildman–Crippen LogP) is 1.30. The van der Waals surface area contributed by atoms with E-state index in [1.54, 1.807) is 11.0 Å². The molecule has 116 valence electrons. The Hall–Kier alpha value is -1.92. The van der Waals surface area contributed by atoms with Gasteiger partial charge >= 0.3 is 5.97 Å². The van der Waals surface area contributed by atoms with Gasteiger partial charge in [-0.2, -0.15) is 5.10 Å². The first-order valence-corrected chi connectivity index (χ1v) is 7.50. The average Bonchev–Trinajstić information content (AvgIpc) is 2.98. The van der Waals surface area contributed by atoms with E-state index in [9.17, 15) is 9.59 Å². The minimum absolute atomic E-state index is 0.0914. The molecule has 0 bridgehead atoms. The largest absolute Gasteiger partial charge is 0.481 e. The molecule has 0 radical (unpaired) electrons. The van der Waals surface area contributed by atoms with Crippen LogP contribution in [-0.4, -0.2) is 49.2 Å². The Balaban J connectivity index is 1.78. The lowest BCUT2D eigenvalue weighted by atomic mass is 9.97. The summed E-state index contributed by atoms with van der Waals surface area (Å²) in [6, 6.07) is 0.0914. The zero-order valence-electron chi connectivity index (χ0n) is 12.1. The lowest BCUT2D eigenvalue weighted by Gasteiger charge is -2.35. The fourth-order valence-corrected chi connectivity index (χ4v) is 2.80. The van der Waals surface area contributed by atoms with Gasteiger partial charge in [0.15, 0.2) is 0 Å². The lowest BCUT2D eigenvalue weighted by Crippen LogP contribution is -2.43. The van der Waals surface area contributed by atoms with Crippen molar-refractivity contribution in [1.29, 1.82) is 0 Å². The number of hydrogen-bond donors (Lipinski definition) is 1. The number of carbonyl (C=O) groups is 2. The molecule has 1 saturated heterocycles. The SMILES string of the molecule is O=C(O)CC[C@H]1CCCCN1C(=O)CCCn1cncn1. The van der Waals surface area contributed by atoms with E-state index in [1.807, 2.05) is 4.90 Å². The van der Waals surface area contributed by atoms with Gasteiger partial charge in [-0.15, -0.1) is 0 Å². The van der Waals surface area contributed by atoms with Crippen LogP contribution in [0.3, 0.4) is 0 Å². The van der Waals surface area contributed by atoms with Crippen molar-refractivity contribution in [3.8, 4) is 0 Å². The monoisotopic (exact) mass is 294 g/mol. The van der Waals surface area contributed by atoms with Gasteiger partial charge in [0.25, 0.3) is 0 Å². The van der Waals surface area contributed by atoms with Crippen LogP contribution in [0.15, 0.2) is 12.7 Å². The Morgan fingerprint density at radius 2 is 2.14 bits per heavy atom. The van der Waals surface area contributed by atoms with Gasteiger partial charge in [-0.3, -0.25) is 14.3 Å². The van der Waals surface area contributed by atoms with Gasteiger partial charge in [-0.05, 0) is 32.1 Å². The molecule has 2 rings (SSSR count). The first kappa shape index (κ1) is 15.5. The van der Waals surface area contributed by atoms with Gasteiger partial charge in [0.2, 0.25) is 5.91 Å². The van der Waals surface area contributed by atoms with Crippen LogP contribution < -0.4 is 0 Å². The molecule has 1 N–H and O–H groups in total. The lowest BCUT2D eigenvalue weighted by molar-refractivity contribution is -0.140. The van der Waals surface area contributed by atoms with Crippen LogP contribution in [0.25, 0.3) is 0 Å². The molecule has 1 fully saturated rings. The summed E-state index contributed by atoms with van der Waals surface area (Å²) in [6.45, 7) is 1.44. The van der Waals surface area contributed by atoms with Gasteiger partial charge < -0.3 is 10.0 Å². The van der Waals surface area contributed by atoms with Crippen molar-refractivity contribution < 1.29 is 14.7 Å². The standard InChI is InChI=1S/C14H22N4O3/c19-13(5-3-8-17-11-15-10-16-17)18-9-2-1-4-12(18)6-7-14(20)21/h10-12H,1-9H2,(H,20,21)/t12-/m1/s1. The van der Waals surface area contributed by atoms with E-state index in [1.165, 1.54) is 6.33 Å². The van der Waals surface area contributed by atoms with Crippen molar-refractivity contribution in [3.05, 3.63) is 12.7 Å².